The number of hydrogen-bond acceptors (Lipinski definition) is 9. The summed E-state index contributed by atoms with van der Waals surface area (Å²) in [5, 5.41) is 16.2. The Bertz CT molecular complexity index is 1040. The largest absolute Gasteiger partial charge is 0.394 e. The molecule has 2 aromatic rings. The van der Waals surface area contributed by atoms with Gasteiger partial charge in [0.25, 0.3) is 5.91 Å². The number of nitrogens with one attached hydrogen (secondary N) is 1. The zero-order valence-corrected chi connectivity index (χ0v) is 19.9. The number of rotatable bonds is 7. The highest BCUT2D eigenvalue weighted by Gasteiger charge is 2.26. The first kappa shape index (κ1) is 26.4. The highest BCUT2D eigenvalue weighted by molar-refractivity contribution is 5.99. The molecule has 1 aliphatic carbocycles. The molecule has 35 heavy (non-hydrogen) atoms. The molecule has 1 aromatic carbocycles. The van der Waals surface area contributed by atoms with Crippen molar-refractivity contribution >= 4 is 11.7 Å². The summed E-state index contributed by atoms with van der Waals surface area (Å²) >= 11 is 0. The van der Waals surface area contributed by atoms with Crippen LogP contribution in [0.4, 0.5) is 4.39 Å². The molecule has 0 bridgehead atoms. The molecule has 0 spiro atoms. The Morgan fingerprint density at radius 2 is 2.03 bits per heavy atom. The number of carbonyl (C=O) groups excluding carboxylic acids is 1. The molecular formula is C23H32FN7O4. The second kappa shape index (κ2) is 12.5. The van der Waals surface area contributed by atoms with Crippen molar-refractivity contribution in [3.63, 3.8) is 0 Å². The van der Waals surface area contributed by atoms with Crippen molar-refractivity contribution in [2.75, 3.05) is 33.5 Å². The third kappa shape index (κ3) is 8.21. The number of halogens is 1. The van der Waals surface area contributed by atoms with Crippen LogP contribution in [0.25, 0.3) is 0 Å². The lowest BCUT2D eigenvalue weighted by atomic mass is 10.1. The number of nitrogens with two attached hydrogens (primary N) is 2. The van der Waals surface area contributed by atoms with E-state index in [2.05, 4.69) is 20.4 Å². The summed E-state index contributed by atoms with van der Waals surface area (Å²) in [7, 11) is 1.52. The molecule has 1 amide bonds. The number of aliphatic hydroxyl groups is 1. The van der Waals surface area contributed by atoms with E-state index < -0.39 is 0 Å². The van der Waals surface area contributed by atoms with E-state index in [1.54, 1.807) is 13.0 Å². The van der Waals surface area contributed by atoms with Gasteiger partial charge in [-0.3, -0.25) is 4.79 Å². The van der Waals surface area contributed by atoms with Crippen molar-refractivity contribution in [1.29, 1.82) is 0 Å². The van der Waals surface area contributed by atoms with Crippen molar-refractivity contribution in [1.82, 2.24) is 20.4 Å². The first-order valence-electron chi connectivity index (χ1n) is 11.3. The molecule has 1 atom stereocenters. The summed E-state index contributed by atoms with van der Waals surface area (Å²) in [6.07, 6.45) is 1.94. The van der Waals surface area contributed by atoms with Crippen LogP contribution >= 0.6 is 0 Å². The van der Waals surface area contributed by atoms with Crippen LogP contribution in [0, 0.1) is 12.7 Å². The second-order valence-electron chi connectivity index (χ2n) is 8.31. The van der Waals surface area contributed by atoms with E-state index in [1.807, 2.05) is 6.07 Å². The summed E-state index contributed by atoms with van der Waals surface area (Å²) in [5.74, 6) is 5.63. The number of benzene rings is 1. The van der Waals surface area contributed by atoms with E-state index in [-0.39, 0.29) is 42.5 Å². The maximum absolute atomic E-state index is 13.8. The summed E-state index contributed by atoms with van der Waals surface area (Å²) in [6, 6.07) is 6.37. The van der Waals surface area contributed by atoms with Crippen LogP contribution in [-0.4, -0.2) is 71.5 Å². The summed E-state index contributed by atoms with van der Waals surface area (Å²) < 4.78 is 23.9. The van der Waals surface area contributed by atoms with Gasteiger partial charge >= 0.3 is 0 Å². The molecule has 12 heteroatoms. The number of nitrogens with zero attached hydrogens (tertiary/aromatic N) is 4. The molecule has 11 nitrogen and oxygen atoms in total. The SMILES string of the molecule is Cc1nc(C(=O)NCc2ccc(F)c(C3CC3)c2)cc(/C(N)=N/N(C)N)n1.OC[C@@H]1COCCO1. The fourth-order valence-electron chi connectivity index (χ4n) is 3.36. The molecule has 1 aromatic heterocycles. The van der Waals surface area contributed by atoms with E-state index in [1.165, 1.54) is 19.2 Å². The monoisotopic (exact) mass is 489 g/mol. The molecule has 4 rings (SSSR count). The van der Waals surface area contributed by atoms with E-state index in [9.17, 15) is 9.18 Å². The number of carbonyl (C=O) groups is 1. The topological polar surface area (TPSA) is 161 Å². The Kier molecular flexibility index (Phi) is 9.43. The Morgan fingerprint density at radius 1 is 1.29 bits per heavy atom. The standard InChI is InChI=1S/C18H22FN7O.C5H10O3/c1-10-23-15(17(20)25-26(2)21)8-16(24-10)18(27)22-9-11-3-6-14(19)13(7-11)12-4-5-12;6-3-5-4-7-1-2-8-5/h3,6-8,12H,4-5,9,21H2,1-2H3,(H2,20,25)(H,22,27);5-6H,1-4H2/t;5-/m.1/s1. The Hall–Kier alpha value is -3.19. The number of hydrazine groups is 1. The fraction of sp³-hybridized carbons (Fsp3) is 0.478. The van der Waals surface area contributed by atoms with Gasteiger partial charge in [-0.1, -0.05) is 12.1 Å². The zero-order chi connectivity index (χ0) is 25.4. The van der Waals surface area contributed by atoms with Gasteiger partial charge in [0.15, 0.2) is 5.84 Å². The van der Waals surface area contributed by atoms with Crippen LogP contribution in [0.15, 0.2) is 29.4 Å². The van der Waals surface area contributed by atoms with Gasteiger partial charge in [0, 0.05) is 13.6 Å². The van der Waals surface area contributed by atoms with Crippen LogP contribution in [0.5, 0.6) is 0 Å². The number of hydrazone groups is 1. The fourth-order valence-corrected chi connectivity index (χ4v) is 3.36. The van der Waals surface area contributed by atoms with Crippen molar-refractivity contribution in [3.05, 3.63) is 58.4 Å². The summed E-state index contributed by atoms with van der Waals surface area (Å²) in [5.41, 5.74) is 7.87. The molecule has 0 unspecified atom stereocenters. The number of aryl methyl sites for hydroxylation is 1. The lowest BCUT2D eigenvalue weighted by Gasteiger charge is -2.20. The second-order valence-corrected chi connectivity index (χ2v) is 8.31. The lowest BCUT2D eigenvalue weighted by Crippen LogP contribution is -2.31. The third-order valence-corrected chi connectivity index (χ3v) is 5.22. The smallest absolute Gasteiger partial charge is 0.270 e. The minimum absolute atomic E-state index is 0.0694. The quantitative estimate of drug-likeness (QED) is 0.188. The van der Waals surface area contributed by atoms with Crippen LogP contribution in [0.2, 0.25) is 0 Å². The van der Waals surface area contributed by atoms with Crippen LogP contribution in [0.1, 0.15) is 51.9 Å². The first-order valence-corrected chi connectivity index (χ1v) is 11.3. The molecule has 1 saturated heterocycles. The van der Waals surface area contributed by atoms with E-state index >= 15 is 0 Å². The summed E-state index contributed by atoms with van der Waals surface area (Å²) in [6.45, 7) is 3.81. The van der Waals surface area contributed by atoms with E-state index in [0.717, 1.165) is 29.1 Å². The molecule has 0 radical (unpaired) electrons. The van der Waals surface area contributed by atoms with Crippen LogP contribution in [0.3, 0.4) is 0 Å². The maximum Gasteiger partial charge on any atom is 0.270 e. The Balaban J connectivity index is 0.000000363. The zero-order valence-electron chi connectivity index (χ0n) is 19.9. The molecule has 2 aliphatic rings. The van der Waals surface area contributed by atoms with Gasteiger partial charge < -0.3 is 25.6 Å². The van der Waals surface area contributed by atoms with Gasteiger partial charge in [0.2, 0.25) is 0 Å². The van der Waals surface area contributed by atoms with Crippen molar-refractivity contribution in [2.45, 2.75) is 38.3 Å². The number of hydrogen-bond donors (Lipinski definition) is 4. The number of ether oxygens (including phenoxy) is 2. The molecule has 2 fully saturated rings. The van der Waals surface area contributed by atoms with E-state index in [4.69, 9.17) is 26.2 Å². The van der Waals surface area contributed by atoms with Crippen LogP contribution in [-0.2, 0) is 16.0 Å². The molecular weight excluding hydrogens is 457 g/mol. The third-order valence-electron chi connectivity index (χ3n) is 5.22. The molecule has 2 heterocycles. The van der Waals surface area contributed by atoms with E-state index in [0.29, 0.717) is 37.3 Å². The number of aliphatic hydroxyl groups excluding tert-OH is 1. The van der Waals surface area contributed by atoms with Crippen molar-refractivity contribution < 1.29 is 23.8 Å². The predicted molar refractivity (Wildman–Crippen MR) is 127 cm³/mol. The number of amides is 1. The molecule has 1 saturated carbocycles. The van der Waals surface area contributed by atoms with Crippen molar-refractivity contribution in [3.8, 4) is 0 Å². The predicted octanol–water partition coefficient (Wildman–Crippen LogP) is 0.551. The minimum atomic E-state index is -0.382. The highest BCUT2D eigenvalue weighted by atomic mass is 19.1. The minimum Gasteiger partial charge on any atom is -0.394 e. The first-order chi connectivity index (χ1) is 16.8. The van der Waals surface area contributed by atoms with Gasteiger partial charge in [-0.15, -0.1) is 5.10 Å². The van der Waals surface area contributed by atoms with Crippen LogP contribution < -0.4 is 16.9 Å². The van der Waals surface area contributed by atoms with Crippen molar-refractivity contribution in [2.24, 2.45) is 16.7 Å². The van der Waals surface area contributed by atoms with Gasteiger partial charge in [-0.25, -0.2) is 25.3 Å². The number of amidine groups is 1. The van der Waals surface area contributed by atoms with Gasteiger partial charge in [-0.2, -0.15) is 0 Å². The molecule has 6 N–H and O–H groups in total. The maximum atomic E-state index is 13.8. The normalized spacial score (nSPS) is 17.9. The average Bonchev–Trinajstić information content (AvgIpc) is 3.69. The van der Waals surface area contributed by atoms with Gasteiger partial charge in [-0.05, 0) is 48.9 Å². The highest BCUT2D eigenvalue weighted by Crippen LogP contribution is 2.41. The Morgan fingerprint density at radius 3 is 2.63 bits per heavy atom. The average molecular weight is 490 g/mol. The Labute approximate surface area is 203 Å². The number of aromatic nitrogens is 2. The molecule has 1 aliphatic heterocycles. The van der Waals surface area contributed by atoms with Gasteiger partial charge in [0.1, 0.15) is 29.1 Å². The molecule has 190 valence electrons. The summed E-state index contributed by atoms with van der Waals surface area (Å²) in [4.78, 5) is 20.8. The van der Waals surface area contributed by atoms with Gasteiger partial charge in [0.05, 0.1) is 26.4 Å². The lowest BCUT2D eigenvalue weighted by molar-refractivity contribution is -0.105.